The monoisotopic (exact) mass is 403 g/mol. The van der Waals surface area contributed by atoms with Crippen molar-refractivity contribution in [2.45, 2.75) is 42.4 Å². The van der Waals surface area contributed by atoms with Crippen LogP contribution >= 0.6 is 0 Å². The van der Waals surface area contributed by atoms with Gasteiger partial charge in [-0.2, -0.15) is 0 Å². The minimum atomic E-state index is -3.57. The summed E-state index contributed by atoms with van der Waals surface area (Å²) in [6, 6.07) is 14.5. The molecule has 3 atom stereocenters. The molecule has 1 saturated heterocycles. The fourth-order valence-corrected chi connectivity index (χ4v) is 5.15. The number of nitrogens with one attached hydrogen (secondary N) is 1. The van der Waals surface area contributed by atoms with E-state index in [1.807, 2.05) is 36.4 Å². The van der Waals surface area contributed by atoms with E-state index in [9.17, 15) is 8.42 Å². The van der Waals surface area contributed by atoms with Gasteiger partial charge >= 0.3 is 0 Å². The fraction of sp³-hybridized carbons (Fsp3) is 0.429. The maximum absolute atomic E-state index is 12.8. The highest BCUT2D eigenvalue weighted by Crippen LogP contribution is 2.28. The first-order valence-electron chi connectivity index (χ1n) is 9.55. The Kier molecular flexibility index (Phi) is 5.68. The minimum absolute atomic E-state index is 0.0207. The van der Waals surface area contributed by atoms with E-state index in [4.69, 9.17) is 14.2 Å². The number of benzene rings is 2. The van der Waals surface area contributed by atoms with Crippen molar-refractivity contribution in [2.75, 3.05) is 20.3 Å². The van der Waals surface area contributed by atoms with Crippen molar-refractivity contribution in [1.82, 2.24) is 4.72 Å². The minimum Gasteiger partial charge on any atom is -0.497 e. The number of ether oxygens (including phenoxy) is 3. The summed E-state index contributed by atoms with van der Waals surface area (Å²) >= 11 is 0. The van der Waals surface area contributed by atoms with Crippen LogP contribution in [0.1, 0.15) is 19.3 Å². The van der Waals surface area contributed by atoms with Gasteiger partial charge in [-0.05, 0) is 54.7 Å². The molecule has 0 unspecified atom stereocenters. The summed E-state index contributed by atoms with van der Waals surface area (Å²) in [5, 5.41) is 0. The van der Waals surface area contributed by atoms with Crippen molar-refractivity contribution in [3.05, 3.63) is 48.5 Å². The van der Waals surface area contributed by atoms with Gasteiger partial charge in [0, 0.05) is 6.04 Å². The van der Waals surface area contributed by atoms with E-state index < -0.39 is 10.0 Å². The summed E-state index contributed by atoms with van der Waals surface area (Å²) in [5.74, 6) is 0.786. The van der Waals surface area contributed by atoms with Crippen molar-refractivity contribution >= 4 is 10.0 Å². The lowest BCUT2D eigenvalue weighted by Crippen LogP contribution is -2.49. The predicted octanol–water partition coefficient (Wildman–Crippen LogP) is 2.98. The summed E-state index contributed by atoms with van der Waals surface area (Å²) in [5.41, 5.74) is 1.96. The molecule has 0 bridgehead atoms. The Morgan fingerprint density at radius 2 is 1.50 bits per heavy atom. The molecule has 150 valence electrons. The summed E-state index contributed by atoms with van der Waals surface area (Å²) in [4.78, 5) is 0.271. The number of fused-ring (bicyclic) bond motifs is 1. The second kappa shape index (κ2) is 8.21. The molecule has 2 fully saturated rings. The first-order valence-corrected chi connectivity index (χ1v) is 11.0. The van der Waals surface area contributed by atoms with E-state index in [2.05, 4.69) is 4.72 Å². The number of rotatable bonds is 5. The molecule has 0 aromatic heterocycles. The van der Waals surface area contributed by atoms with Crippen LogP contribution in [0.2, 0.25) is 0 Å². The number of sulfonamides is 1. The Morgan fingerprint density at radius 1 is 0.893 bits per heavy atom. The standard InChI is InChI=1S/C21H25NO5S/c1-25-18-7-2-15(3-8-18)16-4-9-19(10-5-16)28(23,24)22-17-6-11-20-21(14-17)27-13-12-26-20/h2-5,7-10,17,20-22H,6,11-14H2,1H3/t17-,20-,21-/m1/s1. The van der Waals surface area contributed by atoms with Crippen LogP contribution in [0, 0.1) is 0 Å². The molecule has 4 rings (SSSR count). The molecule has 6 nitrogen and oxygen atoms in total. The first kappa shape index (κ1) is 19.4. The fourth-order valence-electron chi connectivity index (χ4n) is 3.87. The van der Waals surface area contributed by atoms with E-state index in [0.717, 1.165) is 29.7 Å². The third-order valence-corrected chi connectivity index (χ3v) is 6.92. The van der Waals surface area contributed by atoms with E-state index in [1.54, 1.807) is 19.2 Å². The lowest BCUT2D eigenvalue weighted by Gasteiger charge is -2.38. The lowest BCUT2D eigenvalue weighted by molar-refractivity contribution is -0.156. The number of hydrogen-bond donors (Lipinski definition) is 1. The largest absolute Gasteiger partial charge is 0.497 e. The molecule has 0 radical (unpaired) electrons. The van der Waals surface area contributed by atoms with Crippen LogP contribution in [0.5, 0.6) is 5.75 Å². The van der Waals surface area contributed by atoms with Crippen molar-refractivity contribution in [1.29, 1.82) is 0 Å². The molecule has 2 aliphatic rings. The summed E-state index contributed by atoms with van der Waals surface area (Å²) in [6.07, 6.45) is 2.29. The van der Waals surface area contributed by atoms with Gasteiger partial charge in [-0.3, -0.25) is 0 Å². The molecular formula is C21H25NO5S. The number of hydrogen-bond acceptors (Lipinski definition) is 5. The number of methoxy groups -OCH3 is 1. The molecule has 7 heteroatoms. The SMILES string of the molecule is COc1ccc(-c2ccc(S(=O)(=O)N[C@@H]3CC[C@H]4OCCO[C@@H]4C3)cc2)cc1. The Labute approximate surface area is 165 Å². The van der Waals surface area contributed by atoms with E-state index in [-0.39, 0.29) is 23.1 Å². The Morgan fingerprint density at radius 3 is 2.14 bits per heavy atom. The van der Waals surface area contributed by atoms with Gasteiger partial charge in [0.15, 0.2) is 0 Å². The zero-order valence-electron chi connectivity index (χ0n) is 15.8. The van der Waals surface area contributed by atoms with Gasteiger partial charge in [0.2, 0.25) is 10.0 Å². The second-order valence-electron chi connectivity index (χ2n) is 7.20. The quantitative estimate of drug-likeness (QED) is 0.831. The molecule has 2 aromatic carbocycles. The molecule has 1 heterocycles. The van der Waals surface area contributed by atoms with Crippen molar-refractivity contribution < 1.29 is 22.6 Å². The third kappa shape index (κ3) is 4.22. The predicted molar refractivity (Wildman–Crippen MR) is 106 cm³/mol. The van der Waals surface area contributed by atoms with E-state index >= 15 is 0 Å². The highest BCUT2D eigenvalue weighted by atomic mass is 32.2. The van der Waals surface area contributed by atoms with Crippen LogP contribution in [-0.2, 0) is 19.5 Å². The average molecular weight is 404 g/mol. The molecule has 1 aliphatic heterocycles. The molecule has 1 aliphatic carbocycles. The molecule has 0 amide bonds. The maximum atomic E-state index is 12.8. The van der Waals surface area contributed by atoms with Gasteiger partial charge in [0.05, 0.1) is 37.4 Å². The van der Waals surface area contributed by atoms with Gasteiger partial charge in [0.25, 0.3) is 0 Å². The van der Waals surface area contributed by atoms with E-state index in [0.29, 0.717) is 19.6 Å². The molecule has 1 N–H and O–H groups in total. The van der Waals surface area contributed by atoms with Gasteiger partial charge < -0.3 is 14.2 Å². The van der Waals surface area contributed by atoms with Gasteiger partial charge in [-0.25, -0.2) is 13.1 Å². The van der Waals surface area contributed by atoms with Crippen molar-refractivity contribution in [3.63, 3.8) is 0 Å². The Hall–Kier alpha value is -1.93. The smallest absolute Gasteiger partial charge is 0.240 e. The highest BCUT2D eigenvalue weighted by molar-refractivity contribution is 7.89. The summed E-state index contributed by atoms with van der Waals surface area (Å²) in [6.45, 7) is 1.20. The van der Waals surface area contributed by atoms with Gasteiger partial charge in [-0.15, -0.1) is 0 Å². The Balaban J connectivity index is 1.44. The van der Waals surface area contributed by atoms with Crippen LogP contribution in [0.15, 0.2) is 53.4 Å². The average Bonchev–Trinajstić information content (AvgIpc) is 2.73. The van der Waals surface area contributed by atoms with Crippen LogP contribution in [0.4, 0.5) is 0 Å². The van der Waals surface area contributed by atoms with Crippen LogP contribution in [0.25, 0.3) is 11.1 Å². The van der Waals surface area contributed by atoms with Crippen LogP contribution < -0.4 is 9.46 Å². The zero-order chi connectivity index (χ0) is 19.6. The van der Waals surface area contributed by atoms with Crippen LogP contribution in [0.3, 0.4) is 0 Å². The molecule has 2 aromatic rings. The maximum Gasteiger partial charge on any atom is 0.240 e. The van der Waals surface area contributed by atoms with Crippen LogP contribution in [-0.4, -0.2) is 47.0 Å². The van der Waals surface area contributed by atoms with E-state index in [1.165, 1.54) is 0 Å². The van der Waals surface area contributed by atoms with Crippen molar-refractivity contribution in [3.8, 4) is 16.9 Å². The van der Waals surface area contributed by atoms with Crippen molar-refractivity contribution in [2.24, 2.45) is 0 Å². The normalized spacial score (nSPS) is 25.1. The summed E-state index contributed by atoms with van der Waals surface area (Å²) in [7, 11) is -1.95. The topological polar surface area (TPSA) is 73.9 Å². The lowest BCUT2D eigenvalue weighted by atomic mass is 9.90. The Bertz CT molecular complexity index is 895. The molecular weight excluding hydrogens is 378 g/mol. The molecule has 0 spiro atoms. The highest BCUT2D eigenvalue weighted by Gasteiger charge is 2.35. The third-order valence-electron chi connectivity index (χ3n) is 5.39. The first-order chi connectivity index (χ1) is 13.5. The second-order valence-corrected chi connectivity index (χ2v) is 8.92. The molecule has 28 heavy (non-hydrogen) atoms. The zero-order valence-corrected chi connectivity index (χ0v) is 16.7. The molecule has 1 saturated carbocycles. The van der Waals surface area contributed by atoms with Gasteiger partial charge in [0.1, 0.15) is 5.75 Å². The summed E-state index contributed by atoms with van der Waals surface area (Å²) < 4.78 is 45.0. The van der Waals surface area contributed by atoms with Gasteiger partial charge in [-0.1, -0.05) is 24.3 Å².